The second-order valence-electron chi connectivity index (χ2n) is 4.71. The van der Waals surface area contributed by atoms with Crippen LogP contribution in [-0.4, -0.2) is 0 Å². The molecule has 1 atom stereocenters. The fourth-order valence-corrected chi connectivity index (χ4v) is 1.77. The van der Waals surface area contributed by atoms with Crippen LogP contribution in [0.3, 0.4) is 0 Å². The van der Waals surface area contributed by atoms with Crippen molar-refractivity contribution in [3.8, 4) is 0 Å². The largest absolute Gasteiger partial charge is 0.0991 e. The zero-order valence-corrected chi connectivity index (χ0v) is 12.3. The lowest BCUT2D eigenvalue weighted by Crippen LogP contribution is -1.98. The molecular weight excluding hydrogens is 228 g/mol. The topological polar surface area (TPSA) is 0 Å². The Hall–Kier alpha value is -0.750. The third kappa shape index (κ3) is 8.04. The van der Waals surface area contributed by atoms with Gasteiger partial charge in [0.15, 0.2) is 0 Å². The summed E-state index contributed by atoms with van der Waals surface area (Å²) in [5.74, 6) is 1.14. The summed E-state index contributed by atoms with van der Waals surface area (Å²) >= 11 is 5.96. The van der Waals surface area contributed by atoms with Crippen molar-refractivity contribution < 1.29 is 0 Å². The summed E-state index contributed by atoms with van der Waals surface area (Å²) in [5.41, 5.74) is 1.23. The van der Waals surface area contributed by atoms with Gasteiger partial charge in [-0.25, -0.2) is 0 Å². The molecule has 0 aliphatic carbocycles. The molecule has 0 N–H and O–H groups in total. The van der Waals surface area contributed by atoms with Crippen molar-refractivity contribution in [1.29, 1.82) is 0 Å². The van der Waals surface area contributed by atoms with E-state index in [1.165, 1.54) is 5.57 Å². The van der Waals surface area contributed by atoms with Crippen molar-refractivity contribution in [2.24, 2.45) is 11.8 Å². The van der Waals surface area contributed by atoms with Crippen LogP contribution < -0.4 is 0 Å². The van der Waals surface area contributed by atoms with Gasteiger partial charge >= 0.3 is 0 Å². The minimum atomic E-state index is 0.431. The van der Waals surface area contributed by atoms with Gasteiger partial charge in [-0.15, -0.1) is 0 Å². The minimum absolute atomic E-state index is 0.431. The van der Waals surface area contributed by atoms with Gasteiger partial charge in [0, 0.05) is 11.0 Å². The van der Waals surface area contributed by atoms with Crippen LogP contribution in [0.4, 0.5) is 0 Å². The van der Waals surface area contributed by atoms with E-state index in [4.69, 9.17) is 11.6 Å². The number of rotatable bonds is 7. The first-order chi connectivity index (χ1) is 8.01. The molecule has 0 aromatic heterocycles. The molecule has 0 aromatic carbocycles. The molecule has 0 saturated carbocycles. The molecule has 1 heteroatoms. The summed E-state index contributed by atoms with van der Waals surface area (Å²) in [6.45, 7) is 12.3. The van der Waals surface area contributed by atoms with Crippen LogP contribution in [0.2, 0.25) is 0 Å². The Morgan fingerprint density at radius 1 is 1.35 bits per heavy atom. The van der Waals surface area contributed by atoms with E-state index in [0.29, 0.717) is 11.8 Å². The van der Waals surface area contributed by atoms with Gasteiger partial charge in [-0.3, -0.25) is 0 Å². The van der Waals surface area contributed by atoms with Crippen molar-refractivity contribution in [2.45, 2.75) is 40.5 Å². The molecule has 0 saturated heterocycles. The number of halogens is 1. The van der Waals surface area contributed by atoms with Gasteiger partial charge in [0.2, 0.25) is 0 Å². The van der Waals surface area contributed by atoms with Crippen molar-refractivity contribution >= 4 is 11.6 Å². The lowest BCUT2D eigenvalue weighted by atomic mass is 9.94. The van der Waals surface area contributed by atoms with Gasteiger partial charge in [0.1, 0.15) is 0 Å². The molecule has 0 radical (unpaired) electrons. The first kappa shape index (κ1) is 16.2. The standard InChI is InChI=1S/C16H25Cl/c1-6-9-16(12-14(5)17)15(7-2)11-8-10-13(3)4/h6,8-9,11-13,15H,1,7,10H2,2-5H3/b11-8-,14-12+,16-9+. The zero-order chi connectivity index (χ0) is 13.3. The molecule has 1 unspecified atom stereocenters. The van der Waals surface area contributed by atoms with Crippen LogP contribution in [0.5, 0.6) is 0 Å². The fourth-order valence-electron chi connectivity index (χ4n) is 1.64. The third-order valence-corrected chi connectivity index (χ3v) is 2.63. The lowest BCUT2D eigenvalue weighted by molar-refractivity contribution is 0.655. The van der Waals surface area contributed by atoms with Crippen LogP contribution in [0, 0.1) is 11.8 Å². The molecule has 0 bridgehead atoms. The van der Waals surface area contributed by atoms with Crippen molar-refractivity contribution in [1.82, 2.24) is 0 Å². The number of hydrogen-bond donors (Lipinski definition) is 0. The highest BCUT2D eigenvalue weighted by Crippen LogP contribution is 2.21. The average Bonchev–Trinajstić information content (AvgIpc) is 2.23. The highest BCUT2D eigenvalue weighted by atomic mass is 35.5. The van der Waals surface area contributed by atoms with E-state index in [0.717, 1.165) is 17.9 Å². The normalized spacial score (nSPS) is 15.6. The summed E-state index contributed by atoms with van der Waals surface area (Å²) < 4.78 is 0. The van der Waals surface area contributed by atoms with Crippen LogP contribution in [0.15, 0.2) is 47.6 Å². The molecule has 0 spiro atoms. The smallest absolute Gasteiger partial charge is 0.0152 e. The van der Waals surface area contributed by atoms with E-state index >= 15 is 0 Å². The molecule has 0 amide bonds. The number of allylic oxidation sites excluding steroid dienone is 7. The number of hydrogen-bond acceptors (Lipinski definition) is 0. The van der Waals surface area contributed by atoms with Crippen LogP contribution >= 0.6 is 11.6 Å². The van der Waals surface area contributed by atoms with E-state index in [1.807, 2.05) is 25.2 Å². The summed E-state index contributed by atoms with van der Waals surface area (Å²) in [7, 11) is 0. The third-order valence-electron chi connectivity index (χ3n) is 2.52. The van der Waals surface area contributed by atoms with Crippen LogP contribution in [-0.2, 0) is 0 Å². The van der Waals surface area contributed by atoms with Crippen LogP contribution in [0.1, 0.15) is 40.5 Å². The summed E-state index contributed by atoms with van der Waals surface area (Å²) in [6.07, 6.45) is 12.6. The first-order valence-electron chi connectivity index (χ1n) is 6.34. The van der Waals surface area contributed by atoms with E-state index in [-0.39, 0.29) is 0 Å². The highest BCUT2D eigenvalue weighted by molar-refractivity contribution is 6.29. The van der Waals surface area contributed by atoms with Gasteiger partial charge in [0.05, 0.1) is 0 Å². The van der Waals surface area contributed by atoms with Crippen molar-refractivity contribution in [3.05, 3.63) is 47.6 Å². The molecule has 17 heavy (non-hydrogen) atoms. The van der Waals surface area contributed by atoms with Crippen LogP contribution in [0.25, 0.3) is 0 Å². The van der Waals surface area contributed by atoms with Gasteiger partial charge in [-0.1, -0.05) is 63.3 Å². The SMILES string of the molecule is C=C/C=C(\C=C(/C)Cl)C(/C=C\CC(C)C)CC. The van der Waals surface area contributed by atoms with Gasteiger partial charge in [-0.05, 0) is 37.3 Å². The second kappa shape index (κ2) is 9.30. The van der Waals surface area contributed by atoms with E-state index in [2.05, 4.69) is 39.5 Å². The summed E-state index contributed by atoms with van der Waals surface area (Å²) in [6, 6.07) is 0. The predicted molar refractivity (Wildman–Crippen MR) is 80.3 cm³/mol. The quantitative estimate of drug-likeness (QED) is 0.393. The molecule has 96 valence electrons. The second-order valence-corrected chi connectivity index (χ2v) is 5.30. The Morgan fingerprint density at radius 3 is 2.41 bits per heavy atom. The first-order valence-corrected chi connectivity index (χ1v) is 6.72. The summed E-state index contributed by atoms with van der Waals surface area (Å²) in [4.78, 5) is 0. The average molecular weight is 253 g/mol. The van der Waals surface area contributed by atoms with Crippen molar-refractivity contribution in [2.75, 3.05) is 0 Å². The predicted octanol–water partition coefficient (Wildman–Crippen LogP) is 5.87. The highest BCUT2D eigenvalue weighted by Gasteiger charge is 2.06. The molecule has 0 rings (SSSR count). The molecule has 0 aliphatic heterocycles. The molecular formula is C16H25Cl. The Balaban J connectivity index is 4.80. The monoisotopic (exact) mass is 252 g/mol. The molecule has 0 nitrogen and oxygen atoms in total. The van der Waals surface area contributed by atoms with E-state index < -0.39 is 0 Å². The van der Waals surface area contributed by atoms with Crippen molar-refractivity contribution in [3.63, 3.8) is 0 Å². The van der Waals surface area contributed by atoms with Gasteiger partial charge in [0.25, 0.3) is 0 Å². The van der Waals surface area contributed by atoms with Gasteiger partial charge < -0.3 is 0 Å². The van der Waals surface area contributed by atoms with Gasteiger partial charge in [-0.2, -0.15) is 0 Å². The van der Waals surface area contributed by atoms with E-state index in [1.54, 1.807) is 0 Å². The molecule has 0 fully saturated rings. The lowest BCUT2D eigenvalue weighted by Gasteiger charge is -2.12. The Kier molecular flexibility index (Phi) is 8.89. The zero-order valence-electron chi connectivity index (χ0n) is 11.5. The Labute approximate surface area is 112 Å². The molecule has 0 aromatic rings. The Bertz CT molecular complexity index is 301. The Morgan fingerprint density at radius 2 is 2.00 bits per heavy atom. The maximum Gasteiger partial charge on any atom is 0.0152 e. The maximum atomic E-state index is 5.96. The molecule has 0 heterocycles. The van der Waals surface area contributed by atoms with E-state index in [9.17, 15) is 0 Å². The maximum absolute atomic E-state index is 5.96. The summed E-state index contributed by atoms with van der Waals surface area (Å²) in [5, 5.41) is 0.814. The molecule has 0 aliphatic rings. The fraction of sp³-hybridized carbons (Fsp3) is 0.500. The minimum Gasteiger partial charge on any atom is -0.0991 e.